The van der Waals surface area contributed by atoms with Crippen molar-refractivity contribution >= 4 is 11.9 Å². The van der Waals surface area contributed by atoms with Crippen LogP contribution in [0, 0.1) is 5.92 Å². The van der Waals surface area contributed by atoms with E-state index in [0.717, 1.165) is 17.7 Å². The Labute approximate surface area is 158 Å². The van der Waals surface area contributed by atoms with Crippen molar-refractivity contribution < 1.29 is 27.5 Å². The molecule has 1 heterocycles. The van der Waals surface area contributed by atoms with E-state index < -0.39 is 37.2 Å². The first-order valence-corrected chi connectivity index (χ1v) is 8.61. The van der Waals surface area contributed by atoms with Crippen molar-refractivity contribution in [1.29, 1.82) is 0 Å². The monoisotopic (exact) mass is 397 g/mol. The first-order chi connectivity index (χ1) is 13.2. The van der Waals surface area contributed by atoms with Crippen LogP contribution < -0.4 is 0 Å². The minimum absolute atomic E-state index is 0.0563. The average molecular weight is 397 g/mol. The molecule has 150 valence electrons. The van der Waals surface area contributed by atoms with E-state index in [1.165, 1.54) is 23.1 Å². The van der Waals surface area contributed by atoms with Gasteiger partial charge in [-0.3, -0.25) is 4.79 Å². The third-order valence-corrected chi connectivity index (χ3v) is 4.51. The number of nitrogens with zero attached hydrogens (tertiary/aromatic N) is 5. The number of ether oxygens (including phenoxy) is 1. The maximum absolute atomic E-state index is 12.8. The van der Waals surface area contributed by atoms with Crippen LogP contribution in [0.3, 0.4) is 0 Å². The summed E-state index contributed by atoms with van der Waals surface area (Å²) in [6.07, 6.45) is -1.57. The lowest BCUT2D eigenvalue weighted by Crippen LogP contribution is -2.47. The van der Waals surface area contributed by atoms with Crippen LogP contribution in [0.25, 0.3) is 5.69 Å². The maximum Gasteiger partial charge on any atom is 0.406 e. The van der Waals surface area contributed by atoms with Crippen LogP contribution in [0.2, 0.25) is 0 Å². The molecule has 1 atom stereocenters. The highest BCUT2D eigenvalue weighted by Gasteiger charge is 2.40. The summed E-state index contributed by atoms with van der Waals surface area (Å²) in [5.41, 5.74) is 0.759. The van der Waals surface area contributed by atoms with Gasteiger partial charge in [-0.1, -0.05) is 0 Å². The molecule has 8 nitrogen and oxygen atoms in total. The molecule has 28 heavy (non-hydrogen) atoms. The zero-order valence-electron chi connectivity index (χ0n) is 15.0. The first kappa shape index (κ1) is 19.8. The largest absolute Gasteiger partial charge is 0.452 e. The van der Waals surface area contributed by atoms with Crippen molar-refractivity contribution in [2.45, 2.75) is 32.0 Å². The van der Waals surface area contributed by atoms with E-state index in [9.17, 15) is 22.8 Å². The molecule has 0 bridgehead atoms. The van der Waals surface area contributed by atoms with Crippen molar-refractivity contribution in [2.75, 3.05) is 13.2 Å². The zero-order valence-corrected chi connectivity index (χ0v) is 15.0. The van der Waals surface area contributed by atoms with Gasteiger partial charge in [-0.25, -0.2) is 9.48 Å². The quantitative estimate of drug-likeness (QED) is 0.664. The molecular weight excluding hydrogens is 379 g/mol. The second kappa shape index (κ2) is 7.95. The van der Waals surface area contributed by atoms with Crippen LogP contribution in [-0.2, 0) is 9.53 Å². The van der Waals surface area contributed by atoms with Crippen LogP contribution in [0.1, 0.15) is 30.1 Å². The van der Waals surface area contributed by atoms with Gasteiger partial charge in [0.1, 0.15) is 12.9 Å². The van der Waals surface area contributed by atoms with Crippen LogP contribution in [0.5, 0.6) is 0 Å². The third kappa shape index (κ3) is 5.05. The number of carbonyl (C=O) groups is 2. The Bertz CT molecular complexity index is 820. The summed E-state index contributed by atoms with van der Waals surface area (Å²) in [5.74, 6) is -1.61. The van der Waals surface area contributed by atoms with Crippen LogP contribution in [0.4, 0.5) is 13.2 Å². The van der Waals surface area contributed by atoms with Crippen molar-refractivity contribution in [3.63, 3.8) is 0 Å². The number of alkyl halides is 3. The van der Waals surface area contributed by atoms with E-state index in [1.807, 2.05) is 0 Å². The normalized spacial score (nSPS) is 15.1. The van der Waals surface area contributed by atoms with Gasteiger partial charge >= 0.3 is 12.1 Å². The highest BCUT2D eigenvalue weighted by Crippen LogP contribution is 2.36. The molecule has 1 aliphatic rings. The molecule has 1 aliphatic carbocycles. The standard InChI is InChI=1S/C17H18F3N5O3/c1-11(12-2-3-12)24(9-17(18,19)20)15(26)8-28-16(27)13-4-6-14(7-5-13)25-10-21-22-23-25/h4-7,10-12H,2-3,8-9H2,1H3/t11-/m0/s1. The lowest BCUT2D eigenvalue weighted by molar-refractivity contribution is -0.167. The summed E-state index contributed by atoms with van der Waals surface area (Å²) >= 11 is 0. The van der Waals surface area contributed by atoms with E-state index in [1.54, 1.807) is 19.1 Å². The molecule has 1 amide bonds. The van der Waals surface area contributed by atoms with E-state index in [4.69, 9.17) is 4.74 Å². The van der Waals surface area contributed by atoms with E-state index in [0.29, 0.717) is 5.69 Å². The Balaban J connectivity index is 1.59. The first-order valence-electron chi connectivity index (χ1n) is 8.61. The van der Waals surface area contributed by atoms with Gasteiger partial charge in [-0.05, 0) is 60.4 Å². The summed E-state index contributed by atoms with van der Waals surface area (Å²) in [6, 6.07) is 5.48. The van der Waals surface area contributed by atoms with Gasteiger partial charge in [0.15, 0.2) is 6.61 Å². The number of amides is 1. The van der Waals surface area contributed by atoms with Crippen molar-refractivity contribution in [3.05, 3.63) is 36.2 Å². The summed E-state index contributed by atoms with van der Waals surface area (Å²) < 4.78 is 44.7. The lowest BCUT2D eigenvalue weighted by atomic mass is 10.2. The van der Waals surface area contributed by atoms with Gasteiger partial charge in [-0.15, -0.1) is 5.10 Å². The van der Waals surface area contributed by atoms with Crippen LogP contribution in [-0.4, -0.2) is 62.4 Å². The Morgan fingerprint density at radius 1 is 1.29 bits per heavy atom. The molecule has 0 spiro atoms. The molecule has 0 unspecified atom stereocenters. The molecule has 0 aliphatic heterocycles. The van der Waals surface area contributed by atoms with Gasteiger partial charge in [0, 0.05) is 6.04 Å². The second-order valence-corrected chi connectivity index (χ2v) is 6.59. The second-order valence-electron chi connectivity index (χ2n) is 6.59. The predicted molar refractivity (Wildman–Crippen MR) is 89.4 cm³/mol. The summed E-state index contributed by atoms with van der Waals surface area (Å²) in [7, 11) is 0. The SMILES string of the molecule is C[C@@H](C1CC1)N(CC(F)(F)F)C(=O)COC(=O)c1ccc(-n2cnnn2)cc1. The van der Waals surface area contributed by atoms with Crippen molar-refractivity contribution in [2.24, 2.45) is 5.92 Å². The number of carbonyl (C=O) groups excluding carboxylic acids is 2. The van der Waals surface area contributed by atoms with Gasteiger partial charge in [0.05, 0.1) is 11.3 Å². The minimum atomic E-state index is -4.52. The summed E-state index contributed by atoms with van der Waals surface area (Å²) in [4.78, 5) is 25.1. The topological polar surface area (TPSA) is 90.2 Å². The minimum Gasteiger partial charge on any atom is -0.452 e. The maximum atomic E-state index is 12.8. The molecule has 0 radical (unpaired) electrons. The zero-order chi connectivity index (χ0) is 20.3. The Hall–Kier alpha value is -2.98. The number of tetrazole rings is 1. The van der Waals surface area contributed by atoms with E-state index >= 15 is 0 Å². The summed E-state index contributed by atoms with van der Waals surface area (Å²) in [6.45, 7) is -0.525. The fourth-order valence-corrected chi connectivity index (χ4v) is 2.81. The van der Waals surface area contributed by atoms with Crippen molar-refractivity contribution in [3.8, 4) is 5.69 Å². The highest BCUT2D eigenvalue weighted by atomic mass is 19.4. The molecule has 1 fully saturated rings. The van der Waals surface area contributed by atoms with Gasteiger partial charge < -0.3 is 9.64 Å². The fraction of sp³-hybridized carbons (Fsp3) is 0.471. The summed E-state index contributed by atoms with van der Waals surface area (Å²) in [5, 5.41) is 10.7. The molecular formula is C17H18F3N5O3. The molecule has 3 rings (SSSR count). The molecule has 1 aromatic carbocycles. The number of rotatable bonds is 7. The van der Waals surface area contributed by atoms with E-state index in [-0.39, 0.29) is 11.5 Å². The number of benzene rings is 1. The lowest BCUT2D eigenvalue weighted by Gasteiger charge is -2.30. The van der Waals surface area contributed by atoms with Gasteiger partial charge in [0.25, 0.3) is 5.91 Å². The average Bonchev–Trinajstić information content (AvgIpc) is 3.37. The molecule has 1 aromatic heterocycles. The Kier molecular flexibility index (Phi) is 5.61. The van der Waals surface area contributed by atoms with E-state index in [2.05, 4.69) is 15.5 Å². The molecule has 0 N–H and O–H groups in total. The number of esters is 1. The number of halogens is 3. The van der Waals surface area contributed by atoms with Gasteiger partial charge in [0.2, 0.25) is 0 Å². The van der Waals surface area contributed by atoms with Crippen LogP contribution >= 0.6 is 0 Å². The molecule has 0 saturated heterocycles. The number of hydrogen-bond donors (Lipinski definition) is 0. The fourth-order valence-electron chi connectivity index (χ4n) is 2.81. The molecule has 1 saturated carbocycles. The Morgan fingerprint density at radius 2 is 1.96 bits per heavy atom. The number of aromatic nitrogens is 4. The van der Waals surface area contributed by atoms with Gasteiger partial charge in [-0.2, -0.15) is 13.2 Å². The predicted octanol–water partition coefficient (Wildman–Crippen LogP) is 2.01. The molecule has 11 heteroatoms. The van der Waals surface area contributed by atoms with Crippen molar-refractivity contribution in [1.82, 2.24) is 25.1 Å². The smallest absolute Gasteiger partial charge is 0.406 e. The van der Waals surface area contributed by atoms with Crippen LogP contribution in [0.15, 0.2) is 30.6 Å². The molecule has 2 aromatic rings. The third-order valence-electron chi connectivity index (χ3n) is 4.51. The Morgan fingerprint density at radius 3 is 2.50 bits per heavy atom. The number of hydrogen-bond acceptors (Lipinski definition) is 6. The highest BCUT2D eigenvalue weighted by molar-refractivity contribution is 5.91.